The number of carbonyl (C=O) groups is 3. The Kier molecular flexibility index (Phi) is 7.38. The predicted octanol–water partition coefficient (Wildman–Crippen LogP) is 1.54. The Morgan fingerprint density at radius 2 is 1.46 bits per heavy atom. The summed E-state index contributed by atoms with van der Waals surface area (Å²) in [6.07, 6.45) is 0. The Hall–Kier alpha value is -3.55. The van der Waals surface area contributed by atoms with Gasteiger partial charge in [-0.15, -0.1) is 0 Å². The van der Waals surface area contributed by atoms with Gasteiger partial charge in [0, 0.05) is 12.1 Å². The van der Waals surface area contributed by atoms with Gasteiger partial charge in [0.05, 0.1) is 33.4 Å². The standard InChI is InChI=1S/C20H22N2O6/c1-26-16-9-8-15(10-17(16)27-2)19(24)22-12-18(23)21-11-13-4-6-14(7-5-13)20(25)28-3/h4-10H,11-12H2,1-3H3,(H,21,23)(H,22,24). The molecule has 148 valence electrons. The van der Waals surface area contributed by atoms with Crippen LogP contribution in [0.1, 0.15) is 26.3 Å². The molecular weight excluding hydrogens is 364 g/mol. The summed E-state index contributed by atoms with van der Waals surface area (Å²) in [7, 11) is 4.29. The highest BCUT2D eigenvalue weighted by Crippen LogP contribution is 2.27. The van der Waals surface area contributed by atoms with Gasteiger partial charge in [-0.3, -0.25) is 9.59 Å². The average molecular weight is 386 g/mol. The second-order valence-electron chi connectivity index (χ2n) is 5.72. The third-order valence-electron chi connectivity index (χ3n) is 3.92. The Bertz CT molecular complexity index is 848. The first-order valence-electron chi connectivity index (χ1n) is 8.42. The van der Waals surface area contributed by atoms with Gasteiger partial charge in [-0.05, 0) is 35.9 Å². The van der Waals surface area contributed by atoms with Crippen LogP contribution in [0, 0.1) is 0 Å². The van der Waals surface area contributed by atoms with Gasteiger partial charge in [-0.2, -0.15) is 0 Å². The van der Waals surface area contributed by atoms with Crippen LogP contribution in [0.15, 0.2) is 42.5 Å². The number of esters is 1. The Labute approximate surface area is 162 Å². The van der Waals surface area contributed by atoms with Crippen LogP contribution in [-0.2, 0) is 16.1 Å². The molecule has 0 radical (unpaired) electrons. The maximum Gasteiger partial charge on any atom is 0.337 e. The lowest BCUT2D eigenvalue weighted by Gasteiger charge is -2.10. The molecule has 8 nitrogen and oxygen atoms in total. The highest BCUT2D eigenvalue weighted by atomic mass is 16.5. The molecule has 0 unspecified atom stereocenters. The molecule has 28 heavy (non-hydrogen) atoms. The summed E-state index contributed by atoms with van der Waals surface area (Å²) in [4.78, 5) is 35.5. The predicted molar refractivity (Wildman–Crippen MR) is 102 cm³/mol. The lowest BCUT2D eigenvalue weighted by Crippen LogP contribution is -2.36. The summed E-state index contributed by atoms with van der Waals surface area (Å²) in [5.74, 6) is -0.233. The topological polar surface area (TPSA) is 103 Å². The number of amides is 2. The summed E-state index contributed by atoms with van der Waals surface area (Å²) >= 11 is 0. The van der Waals surface area contributed by atoms with Gasteiger partial charge in [0.2, 0.25) is 5.91 Å². The average Bonchev–Trinajstić information content (AvgIpc) is 2.75. The third-order valence-corrected chi connectivity index (χ3v) is 3.92. The van der Waals surface area contributed by atoms with Gasteiger partial charge in [0.1, 0.15) is 0 Å². The molecule has 0 aliphatic carbocycles. The van der Waals surface area contributed by atoms with Crippen LogP contribution in [0.25, 0.3) is 0 Å². The van der Waals surface area contributed by atoms with E-state index in [0.717, 1.165) is 5.56 Å². The maximum absolute atomic E-state index is 12.2. The second-order valence-corrected chi connectivity index (χ2v) is 5.72. The lowest BCUT2D eigenvalue weighted by molar-refractivity contribution is -0.120. The van der Waals surface area contributed by atoms with Crippen LogP contribution in [0.2, 0.25) is 0 Å². The first kappa shape index (κ1) is 20.8. The van der Waals surface area contributed by atoms with Gasteiger partial charge in [-0.25, -0.2) is 4.79 Å². The fourth-order valence-electron chi connectivity index (χ4n) is 2.38. The van der Waals surface area contributed by atoms with Crippen molar-refractivity contribution in [3.8, 4) is 11.5 Å². The van der Waals surface area contributed by atoms with Crippen LogP contribution in [0.4, 0.5) is 0 Å². The Morgan fingerprint density at radius 3 is 2.07 bits per heavy atom. The van der Waals surface area contributed by atoms with E-state index in [1.807, 2.05) is 0 Å². The molecule has 0 aliphatic heterocycles. The van der Waals surface area contributed by atoms with Crippen LogP contribution in [-0.4, -0.2) is 45.7 Å². The first-order valence-corrected chi connectivity index (χ1v) is 8.42. The zero-order chi connectivity index (χ0) is 20.5. The summed E-state index contributed by atoms with van der Waals surface area (Å²) < 4.78 is 14.9. The van der Waals surface area contributed by atoms with E-state index in [1.165, 1.54) is 27.4 Å². The van der Waals surface area contributed by atoms with E-state index >= 15 is 0 Å². The van der Waals surface area contributed by atoms with E-state index in [2.05, 4.69) is 15.4 Å². The largest absolute Gasteiger partial charge is 0.493 e. The SMILES string of the molecule is COC(=O)c1ccc(CNC(=O)CNC(=O)c2ccc(OC)c(OC)c2)cc1. The molecule has 0 fully saturated rings. The molecule has 2 N–H and O–H groups in total. The molecule has 2 amide bonds. The third kappa shape index (κ3) is 5.47. The number of ether oxygens (including phenoxy) is 3. The van der Waals surface area contributed by atoms with Crippen molar-refractivity contribution in [1.29, 1.82) is 0 Å². The van der Waals surface area contributed by atoms with Crippen LogP contribution >= 0.6 is 0 Å². The lowest BCUT2D eigenvalue weighted by atomic mass is 10.1. The quantitative estimate of drug-likeness (QED) is 0.667. The monoisotopic (exact) mass is 386 g/mol. The van der Waals surface area contributed by atoms with E-state index < -0.39 is 11.9 Å². The van der Waals surface area contributed by atoms with Crippen molar-refractivity contribution in [3.63, 3.8) is 0 Å². The Balaban J connectivity index is 1.83. The first-order chi connectivity index (χ1) is 13.5. The molecule has 2 aromatic carbocycles. The van der Waals surface area contributed by atoms with E-state index in [9.17, 15) is 14.4 Å². The fourth-order valence-corrected chi connectivity index (χ4v) is 2.38. The minimum Gasteiger partial charge on any atom is -0.493 e. The minimum absolute atomic E-state index is 0.173. The molecule has 0 atom stereocenters. The summed E-state index contributed by atoms with van der Waals surface area (Å²) in [6.45, 7) is 0.0972. The van der Waals surface area contributed by atoms with Crippen molar-refractivity contribution < 1.29 is 28.6 Å². The molecular formula is C20H22N2O6. The highest BCUT2D eigenvalue weighted by molar-refractivity contribution is 5.97. The number of carbonyl (C=O) groups excluding carboxylic acids is 3. The number of hydrogen-bond donors (Lipinski definition) is 2. The van der Waals surface area contributed by atoms with Crippen molar-refractivity contribution in [1.82, 2.24) is 10.6 Å². The zero-order valence-electron chi connectivity index (χ0n) is 15.9. The van der Waals surface area contributed by atoms with Crippen molar-refractivity contribution in [3.05, 3.63) is 59.2 Å². The highest BCUT2D eigenvalue weighted by Gasteiger charge is 2.12. The van der Waals surface area contributed by atoms with Crippen molar-refractivity contribution in [2.45, 2.75) is 6.54 Å². The molecule has 0 aliphatic rings. The smallest absolute Gasteiger partial charge is 0.337 e. The molecule has 2 aromatic rings. The molecule has 8 heteroatoms. The van der Waals surface area contributed by atoms with Gasteiger partial charge < -0.3 is 24.8 Å². The molecule has 0 saturated heterocycles. The molecule has 0 heterocycles. The van der Waals surface area contributed by atoms with E-state index in [4.69, 9.17) is 9.47 Å². The van der Waals surface area contributed by atoms with Crippen molar-refractivity contribution in [2.75, 3.05) is 27.9 Å². The van der Waals surface area contributed by atoms with E-state index in [1.54, 1.807) is 36.4 Å². The summed E-state index contributed by atoms with van der Waals surface area (Å²) in [6, 6.07) is 11.4. The summed E-state index contributed by atoms with van der Waals surface area (Å²) in [5, 5.41) is 5.24. The Morgan fingerprint density at radius 1 is 0.821 bits per heavy atom. The normalized spacial score (nSPS) is 9.96. The van der Waals surface area contributed by atoms with Gasteiger partial charge >= 0.3 is 5.97 Å². The zero-order valence-corrected chi connectivity index (χ0v) is 15.9. The van der Waals surface area contributed by atoms with Gasteiger partial charge in [0.15, 0.2) is 11.5 Å². The molecule has 0 spiro atoms. The number of rotatable bonds is 8. The van der Waals surface area contributed by atoms with E-state index in [-0.39, 0.29) is 19.0 Å². The van der Waals surface area contributed by atoms with Crippen LogP contribution < -0.4 is 20.1 Å². The second kappa shape index (κ2) is 9.96. The number of benzene rings is 2. The maximum atomic E-state index is 12.2. The number of methoxy groups -OCH3 is 3. The van der Waals surface area contributed by atoms with Crippen LogP contribution in [0.3, 0.4) is 0 Å². The molecule has 0 aromatic heterocycles. The van der Waals surface area contributed by atoms with E-state index in [0.29, 0.717) is 22.6 Å². The number of nitrogens with one attached hydrogen (secondary N) is 2. The molecule has 2 rings (SSSR count). The van der Waals surface area contributed by atoms with Gasteiger partial charge in [0.25, 0.3) is 5.91 Å². The van der Waals surface area contributed by atoms with Crippen LogP contribution in [0.5, 0.6) is 11.5 Å². The molecule has 0 bridgehead atoms. The summed E-state index contributed by atoms with van der Waals surface area (Å²) in [5.41, 5.74) is 1.59. The van der Waals surface area contributed by atoms with Crippen molar-refractivity contribution in [2.24, 2.45) is 0 Å². The minimum atomic E-state index is -0.423. The fraction of sp³-hybridized carbons (Fsp3) is 0.250. The van der Waals surface area contributed by atoms with Crippen molar-refractivity contribution >= 4 is 17.8 Å². The number of hydrogen-bond acceptors (Lipinski definition) is 6. The molecule has 0 saturated carbocycles. The van der Waals surface area contributed by atoms with Gasteiger partial charge in [-0.1, -0.05) is 12.1 Å².